The van der Waals surface area contributed by atoms with Gasteiger partial charge in [-0.05, 0) is 18.9 Å². The number of rotatable bonds is 3. The number of hydrogen-bond donors (Lipinski definition) is 0. The maximum Gasteiger partial charge on any atom is 0.328 e. The van der Waals surface area contributed by atoms with E-state index in [2.05, 4.69) is 4.74 Å². The molecule has 0 radical (unpaired) electrons. The summed E-state index contributed by atoms with van der Waals surface area (Å²) in [5, 5.41) is 10.7. The maximum absolute atomic E-state index is 14.1. The largest absolute Gasteiger partial charge is 0.467 e. The zero-order valence-corrected chi connectivity index (χ0v) is 11.5. The molecule has 0 spiro atoms. The number of nitrogens with zero attached hydrogens (tertiary/aromatic N) is 2. The zero-order valence-electron chi connectivity index (χ0n) is 11.5. The third-order valence-electron chi connectivity index (χ3n) is 3.47. The number of ether oxygens (including phenoxy) is 1. The van der Waals surface area contributed by atoms with Crippen molar-refractivity contribution in [2.75, 3.05) is 13.7 Å². The fraction of sp³-hybridized carbons (Fsp3) is 0.385. The SMILES string of the molecule is COC(=O)[C@@H]1CCCN1C(=O)c1c(F)ccc([N+](=O)[O-])c1F. The van der Waals surface area contributed by atoms with Crippen molar-refractivity contribution >= 4 is 17.6 Å². The van der Waals surface area contributed by atoms with Crippen LogP contribution in [0, 0.1) is 21.7 Å². The van der Waals surface area contributed by atoms with E-state index in [-0.39, 0.29) is 6.54 Å². The highest BCUT2D eigenvalue weighted by Gasteiger charge is 2.38. The number of nitro benzene ring substituents is 1. The molecule has 1 aromatic carbocycles. The lowest BCUT2D eigenvalue weighted by Crippen LogP contribution is -2.41. The number of carbonyl (C=O) groups is 2. The van der Waals surface area contributed by atoms with E-state index >= 15 is 0 Å². The lowest BCUT2D eigenvalue weighted by Gasteiger charge is -2.22. The first-order valence-corrected chi connectivity index (χ1v) is 6.39. The summed E-state index contributed by atoms with van der Waals surface area (Å²) >= 11 is 0. The normalized spacial score (nSPS) is 17.4. The van der Waals surface area contributed by atoms with Crippen LogP contribution in [0.2, 0.25) is 0 Å². The lowest BCUT2D eigenvalue weighted by molar-refractivity contribution is -0.387. The summed E-state index contributed by atoms with van der Waals surface area (Å²) < 4.78 is 32.4. The van der Waals surface area contributed by atoms with E-state index in [4.69, 9.17) is 0 Å². The zero-order chi connectivity index (χ0) is 16.4. The van der Waals surface area contributed by atoms with E-state index in [1.54, 1.807) is 0 Å². The molecule has 0 bridgehead atoms. The van der Waals surface area contributed by atoms with Crippen molar-refractivity contribution in [1.82, 2.24) is 4.90 Å². The number of halogens is 2. The first kappa shape index (κ1) is 15.8. The number of amides is 1. The molecule has 9 heteroatoms. The van der Waals surface area contributed by atoms with E-state index in [9.17, 15) is 28.5 Å². The van der Waals surface area contributed by atoms with E-state index in [1.807, 2.05) is 0 Å². The average Bonchev–Trinajstić information content (AvgIpc) is 2.95. The van der Waals surface area contributed by atoms with Crippen molar-refractivity contribution in [2.45, 2.75) is 18.9 Å². The van der Waals surface area contributed by atoms with Crippen LogP contribution < -0.4 is 0 Å². The highest BCUT2D eigenvalue weighted by Crippen LogP contribution is 2.27. The number of hydrogen-bond acceptors (Lipinski definition) is 5. The summed E-state index contributed by atoms with van der Waals surface area (Å²) in [5.41, 5.74) is -2.04. The summed E-state index contributed by atoms with van der Waals surface area (Å²) in [6, 6.07) is 0.344. The first-order chi connectivity index (χ1) is 10.4. The van der Waals surface area contributed by atoms with Gasteiger partial charge in [-0.15, -0.1) is 0 Å². The Morgan fingerprint density at radius 2 is 2.09 bits per heavy atom. The number of carbonyl (C=O) groups excluding carboxylic acids is 2. The number of nitro groups is 1. The van der Waals surface area contributed by atoms with Crippen LogP contribution in [0.15, 0.2) is 12.1 Å². The van der Waals surface area contributed by atoms with Gasteiger partial charge in [0.25, 0.3) is 5.91 Å². The smallest absolute Gasteiger partial charge is 0.328 e. The van der Waals surface area contributed by atoms with E-state index in [1.165, 1.54) is 0 Å². The molecule has 118 valence electrons. The summed E-state index contributed by atoms with van der Waals surface area (Å²) in [6.07, 6.45) is 0.764. The molecular formula is C13H12F2N2O5. The van der Waals surface area contributed by atoms with Crippen LogP contribution >= 0.6 is 0 Å². The molecule has 0 aliphatic carbocycles. The summed E-state index contributed by atoms with van der Waals surface area (Å²) in [5.74, 6) is -4.57. The van der Waals surface area contributed by atoms with Gasteiger partial charge in [0.1, 0.15) is 17.4 Å². The molecule has 0 unspecified atom stereocenters. The van der Waals surface area contributed by atoms with Crippen molar-refractivity contribution in [3.8, 4) is 0 Å². The van der Waals surface area contributed by atoms with Crippen LogP contribution in [0.3, 0.4) is 0 Å². The van der Waals surface area contributed by atoms with Gasteiger partial charge >= 0.3 is 11.7 Å². The molecule has 22 heavy (non-hydrogen) atoms. The van der Waals surface area contributed by atoms with Gasteiger partial charge in [-0.2, -0.15) is 4.39 Å². The number of esters is 1. The second-order valence-corrected chi connectivity index (χ2v) is 4.69. The first-order valence-electron chi connectivity index (χ1n) is 6.39. The third kappa shape index (κ3) is 2.61. The van der Waals surface area contributed by atoms with Crippen LogP contribution in [-0.2, 0) is 9.53 Å². The molecule has 2 rings (SSSR count). The molecule has 1 atom stereocenters. The monoisotopic (exact) mass is 314 g/mol. The summed E-state index contributed by atoms with van der Waals surface area (Å²) in [6.45, 7) is 0.111. The molecule has 1 heterocycles. The lowest BCUT2D eigenvalue weighted by atomic mass is 10.1. The molecular weight excluding hydrogens is 302 g/mol. The second-order valence-electron chi connectivity index (χ2n) is 4.69. The number of likely N-dealkylation sites (tertiary alicyclic amines) is 1. The Morgan fingerprint density at radius 1 is 1.41 bits per heavy atom. The maximum atomic E-state index is 14.1. The van der Waals surface area contributed by atoms with Gasteiger partial charge in [0, 0.05) is 12.6 Å². The van der Waals surface area contributed by atoms with Crippen molar-refractivity contribution in [1.29, 1.82) is 0 Å². The van der Waals surface area contributed by atoms with Gasteiger partial charge in [0.15, 0.2) is 0 Å². The van der Waals surface area contributed by atoms with Gasteiger partial charge in [0.05, 0.1) is 12.0 Å². The Labute approximate surface area is 123 Å². The minimum absolute atomic E-state index is 0.111. The standard InChI is InChI=1S/C13H12F2N2O5/c1-22-13(19)9-3-2-6-16(9)12(18)10-7(14)4-5-8(11(10)15)17(20)21/h4-5,9H,2-3,6H2,1H3/t9-/m0/s1. The Bertz CT molecular complexity index is 650. The Balaban J connectivity index is 2.43. The van der Waals surface area contributed by atoms with Crippen LogP contribution in [0.5, 0.6) is 0 Å². The predicted molar refractivity (Wildman–Crippen MR) is 69.1 cm³/mol. The molecule has 1 fully saturated rings. The van der Waals surface area contributed by atoms with Crippen LogP contribution in [-0.4, -0.2) is 41.4 Å². The molecule has 0 N–H and O–H groups in total. The fourth-order valence-electron chi connectivity index (χ4n) is 2.41. The molecule has 0 aromatic heterocycles. The van der Waals surface area contributed by atoms with Gasteiger partial charge in [-0.3, -0.25) is 14.9 Å². The Hall–Kier alpha value is -2.58. The van der Waals surface area contributed by atoms with Crippen molar-refractivity contribution in [3.05, 3.63) is 39.4 Å². The molecule has 1 aliphatic heterocycles. The molecule has 0 saturated carbocycles. The summed E-state index contributed by atoms with van der Waals surface area (Å²) in [7, 11) is 1.14. The number of benzene rings is 1. The second kappa shape index (κ2) is 6.04. The van der Waals surface area contributed by atoms with Gasteiger partial charge in [0.2, 0.25) is 5.82 Å². The molecule has 1 amide bonds. The van der Waals surface area contributed by atoms with E-state index in [0.29, 0.717) is 25.0 Å². The topological polar surface area (TPSA) is 89.8 Å². The van der Waals surface area contributed by atoms with Crippen LogP contribution in [0.25, 0.3) is 0 Å². The van der Waals surface area contributed by atoms with Crippen LogP contribution in [0.1, 0.15) is 23.2 Å². The predicted octanol–water partition coefficient (Wildman–Crippen LogP) is 1.65. The van der Waals surface area contributed by atoms with Crippen molar-refractivity contribution < 1.29 is 28.0 Å². The minimum atomic E-state index is -1.55. The minimum Gasteiger partial charge on any atom is -0.467 e. The van der Waals surface area contributed by atoms with Crippen molar-refractivity contribution in [3.63, 3.8) is 0 Å². The highest BCUT2D eigenvalue weighted by atomic mass is 19.1. The highest BCUT2D eigenvalue weighted by molar-refractivity contribution is 5.98. The molecule has 1 aliphatic rings. The quantitative estimate of drug-likeness (QED) is 0.481. The van der Waals surface area contributed by atoms with Gasteiger partial charge in [-0.25, -0.2) is 9.18 Å². The van der Waals surface area contributed by atoms with E-state index < -0.39 is 45.7 Å². The molecule has 1 saturated heterocycles. The summed E-state index contributed by atoms with van der Waals surface area (Å²) in [4.78, 5) is 34.5. The molecule has 1 aromatic rings. The number of methoxy groups -OCH3 is 1. The third-order valence-corrected chi connectivity index (χ3v) is 3.47. The van der Waals surface area contributed by atoms with Gasteiger partial charge in [-0.1, -0.05) is 0 Å². The van der Waals surface area contributed by atoms with Crippen molar-refractivity contribution in [2.24, 2.45) is 0 Å². The average molecular weight is 314 g/mol. The van der Waals surface area contributed by atoms with Gasteiger partial charge < -0.3 is 9.64 Å². The fourth-order valence-corrected chi connectivity index (χ4v) is 2.41. The Kier molecular flexibility index (Phi) is 4.34. The van der Waals surface area contributed by atoms with Crippen LogP contribution in [0.4, 0.5) is 14.5 Å². The van der Waals surface area contributed by atoms with E-state index in [0.717, 1.165) is 12.0 Å². The molecule has 7 nitrogen and oxygen atoms in total. The Morgan fingerprint density at radius 3 is 2.68 bits per heavy atom.